The summed E-state index contributed by atoms with van der Waals surface area (Å²) in [5.74, 6) is -0.911. The molecule has 0 spiro atoms. The summed E-state index contributed by atoms with van der Waals surface area (Å²) in [4.78, 5) is 14.2. The highest BCUT2D eigenvalue weighted by Gasteiger charge is 2.11. The third-order valence-corrected chi connectivity index (χ3v) is 5.77. The molecule has 0 aliphatic rings. The maximum absolute atomic E-state index is 12.9. The van der Waals surface area contributed by atoms with Crippen LogP contribution in [0.1, 0.15) is 10.4 Å². The second-order valence-electron chi connectivity index (χ2n) is 5.70. The van der Waals surface area contributed by atoms with Crippen LogP contribution in [0.5, 0.6) is 0 Å². The highest BCUT2D eigenvalue weighted by atomic mass is 32.2. The maximum atomic E-state index is 12.9. The molecule has 0 aliphatic heterocycles. The third kappa shape index (κ3) is 5.30. The Morgan fingerprint density at radius 2 is 1.81 bits per heavy atom. The maximum Gasteiger partial charge on any atom is 0.266 e. The number of rotatable bonds is 5. The van der Waals surface area contributed by atoms with Crippen molar-refractivity contribution in [1.82, 2.24) is 0 Å². The average Bonchev–Trinajstić information content (AvgIpc) is 3.10. The summed E-state index contributed by atoms with van der Waals surface area (Å²) in [7, 11) is 0. The quantitative estimate of drug-likeness (QED) is 0.433. The minimum atomic E-state index is -0.523. The minimum Gasteiger partial charge on any atom is -0.321 e. The molecule has 0 saturated heterocycles. The van der Waals surface area contributed by atoms with Crippen LogP contribution in [0, 0.1) is 24.1 Å². The van der Waals surface area contributed by atoms with Gasteiger partial charge in [-0.25, -0.2) is 4.39 Å². The lowest BCUT2D eigenvalue weighted by Crippen LogP contribution is -2.13. The van der Waals surface area contributed by atoms with E-state index in [2.05, 4.69) is 29.6 Å². The van der Waals surface area contributed by atoms with E-state index in [9.17, 15) is 14.4 Å². The van der Waals surface area contributed by atoms with E-state index in [4.69, 9.17) is 0 Å². The van der Waals surface area contributed by atoms with Crippen molar-refractivity contribution >= 4 is 40.8 Å². The van der Waals surface area contributed by atoms with Gasteiger partial charge in [0.25, 0.3) is 5.91 Å². The average molecular weight is 394 g/mol. The van der Waals surface area contributed by atoms with E-state index < -0.39 is 5.91 Å². The number of aryl methyl sites for hydroxylation is 1. The van der Waals surface area contributed by atoms with Crippen LogP contribution >= 0.6 is 23.1 Å². The number of thiophene rings is 1. The molecule has 134 valence electrons. The molecule has 0 radical (unpaired) electrons. The molecule has 0 saturated carbocycles. The van der Waals surface area contributed by atoms with Crippen LogP contribution in [0.3, 0.4) is 0 Å². The Morgan fingerprint density at radius 3 is 2.48 bits per heavy atom. The number of anilines is 1. The van der Waals surface area contributed by atoms with E-state index in [-0.39, 0.29) is 11.4 Å². The number of nitrogens with one attached hydrogen (secondary N) is 1. The number of hydrogen-bond acceptors (Lipinski definition) is 4. The van der Waals surface area contributed by atoms with Crippen molar-refractivity contribution in [3.8, 4) is 6.07 Å². The van der Waals surface area contributed by atoms with Gasteiger partial charge in [-0.1, -0.05) is 29.5 Å². The summed E-state index contributed by atoms with van der Waals surface area (Å²) >= 11 is 3.14. The number of amides is 1. The molecule has 1 heterocycles. The van der Waals surface area contributed by atoms with E-state index in [1.807, 2.05) is 25.1 Å². The van der Waals surface area contributed by atoms with Crippen LogP contribution in [0.4, 0.5) is 10.1 Å². The lowest BCUT2D eigenvalue weighted by Gasteiger charge is -2.03. The topological polar surface area (TPSA) is 52.9 Å². The fourth-order valence-corrected chi connectivity index (χ4v) is 4.28. The van der Waals surface area contributed by atoms with E-state index in [0.29, 0.717) is 5.69 Å². The van der Waals surface area contributed by atoms with E-state index in [0.717, 1.165) is 14.0 Å². The fourth-order valence-electron chi connectivity index (χ4n) is 2.21. The van der Waals surface area contributed by atoms with Gasteiger partial charge in [0.1, 0.15) is 17.5 Å². The van der Waals surface area contributed by atoms with Crippen molar-refractivity contribution in [2.75, 3.05) is 5.32 Å². The van der Waals surface area contributed by atoms with Crippen molar-refractivity contribution < 1.29 is 9.18 Å². The lowest BCUT2D eigenvalue weighted by molar-refractivity contribution is -0.112. The number of carbonyl (C=O) groups excluding carboxylic acids is 1. The van der Waals surface area contributed by atoms with Gasteiger partial charge in [-0.05, 0) is 61.5 Å². The molecule has 3 nitrogen and oxygen atoms in total. The summed E-state index contributed by atoms with van der Waals surface area (Å²) in [5, 5.41) is 11.9. The predicted octanol–water partition coefficient (Wildman–Crippen LogP) is 5.89. The number of benzene rings is 2. The number of hydrogen-bond donors (Lipinski definition) is 1. The van der Waals surface area contributed by atoms with Gasteiger partial charge in [-0.15, -0.1) is 11.3 Å². The van der Waals surface area contributed by atoms with Crippen molar-refractivity contribution in [3.05, 3.63) is 82.5 Å². The van der Waals surface area contributed by atoms with Gasteiger partial charge in [0.2, 0.25) is 0 Å². The molecule has 0 aliphatic carbocycles. The molecular formula is C21H15FN2OS2. The van der Waals surface area contributed by atoms with Gasteiger partial charge >= 0.3 is 0 Å². The molecule has 1 N–H and O–H groups in total. The Bertz CT molecular complexity index is 1020. The number of nitriles is 1. The Hall–Kier alpha value is -2.88. The summed E-state index contributed by atoms with van der Waals surface area (Å²) < 4.78 is 14.0. The highest BCUT2D eigenvalue weighted by Crippen LogP contribution is 2.34. The standard InChI is InChI=1S/C21H15FN2OS2/c1-14-2-8-18(9-3-14)26-20-11-10-19(27-20)12-15(13-23)21(25)24-17-6-4-16(22)5-7-17/h2-12H,1H3,(H,24,25). The molecule has 0 unspecified atom stereocenters. The monoisotopic (exact) mass is 394 g/mol. The zero-order valence-corrected chi connectivity index (χ0v) is 16.0. The molecule has 0 atom stereocenters. The zero-order valence-electron chi connectivity index (χ0n) is 14.4. The first-order chi connectivity index (χ1) is 13.0. The highest BCUT2D eigenvalue weighted by molar-refractivity contribution is 8.01. The minimum absolute atomic E-state index is 0.00643. The first kappa shape index (κ1) is 18.9. The van der Waals surface area contributed by atoms with E-state index in [1.165, 1.54) is 41.2 Å². The summed E-state index contributed by atoms with van der Waals surface area (Å²) in [6.45, 7) is 2.04. The molecule has 3 rings (SSSR count). The normalized spacial score (nSPS) is 11.1. The number of carbonyl (C=O) groups is 1. The molecule has 0 bridgehead atoms. The van der Waals surface area contributed by atoms with Crippen molar-refractivity contribution in [3.63, 3.8) is 0 Å². The molecule has 2 aromatic carbocycles. The fraction of sp³-hybridized carbons (Fsp3) is 0.0476. The molecule has 6 heteroatoms. The first-order valence-electron chi connectivity index (χ1n) is 8.06. The third-order valence-electron chi connectivity index (χ3n) is 3.60. The molecule has 3 aromatic rings. The number of halogens is 1. The summed E-state index contributed by atoms with van der Waals surface area (Å²) in [6.07, 6.45) is 1.56. The Kier molecular flexibility index (Phi) is 6.07. The van der Waals surface area contributed by atoms with Gasteiger partial charge in [0.15, 0.2) is 0 Å². The van der Waals surface area contributed by atoms with E-state index >= 15 is 0 Å². The van der Waals surface area contributed by atoms with Crippen LogP contribution < -0.4 is 5.32 Å². The van der Waals surface area contributed by atoms with Crippen molar-refractivity contribution in [2.45, 2.75) is 16.0 Å². The van der Waals surface area contributed by atoms with Gasteiger partial charge in [0.05, 0.1) is 4.21 Å². The second kappa shape index (κ2) is 8.67. The molecular weight excluding hydrogens is 379 g/mol. The summed E-state index contributed by atoms with van der Waals surface area (Å²) in [6, 6.07) is 19.4. The summed E-state index contributed by atoms with van der Waals surface area (Å²) in [5.41, 5.74) is 1.64. The molecule has 1 aromatic heterocycles. The Balaban J connectivity index is 1.71. The molecule has 1 amide bonds. The first-order valence-corrected chi connectivity index (χ1v) is 9.70. The van der Waals surface area contributed by atoms with Crippen molar-refractivity contribution in [2.24, 2.45) is 0 Å². The lowest BCUT2D eigenvalue weighted by atomic mass is 10.2. The smallest absolute Gasteiger partial charge is 0.266 e. The van der Waals surface area contributed by atoms with Crippen molar-refractivity contribution in [1.29, 1.82) is 5.26 Å². The molecule has 0 fully saturated rings. The van der Waals surface area contributed by atoms with Gasteiger partial charge in [-0.3, -0.25) is 4.79 Å². The SMILES string of the molecule is Cc1ccc(Sc2ccc(C=C(C#N)C(=O)Nc3ccc(F)cc3)s2)cc1. The zero-order chi connectivity index (χ0) is 19.2. The van der Waals surface area contributed by atoms with Gasteiger partial charge < -0.3 is 5.32 Å². The van der Waals surface area contributed by atoms with Crippen LogP contribution in [0.25, 0.3) is 6.08 Å². The predicted molar refractivity (Wildman–Crippen MR) is 108 cm³/mol. The van der Waals surface area contributed by atoms with Crippen LogP contribution in [-0.4, -0.2) is 5.91 Å². The van der Waals surface area contributed by atoms with Gasteiger partial charge in [0, 0.05) is 15.5 Å². The van der Waals surface area contributed by atoms with E-state index in [1.54, 1.807) is 17.8 Å². The van der Waals surface area contributed by atoms with Crippen LogP contribution in [-0.2, 0) is 4.79 Å². The van der Waals surface area contributed by atoms with Gasteiger partial charge in [-0.2, -0.15) is 5.26 Å². The second-order valence-corrected chi connectivity index (χ2v) is 8.19. The van der Waals surface area contributed by atoms with Crippen LogP contribution in [0.15, 0.2) is 75.3 Å². The van der Waals surface area contributed by atoms with Crippen LogP contribution in [0.2, 0.25) is 0 Å². The Labute approximate surface area is 165 Å². The Morgan fingerprint density at radius 1 is 1.11 bits per heavy atom. The largest absolute Gasteiger partial charge is 0.321 e. The number of nitrogens with zero attached hydrogens (tertiary/aromatic N) is 1. The molecule has 27 heavy (non-hydrogen) atoms.